The van der Waals surface area contributed by atoms with Crippen LogP contribution >= 0.6 is 0 Å². The van der Waals surface area contributed by atoms with E-state index in [1.807, 2.05) is 6.92 Å². The Morgan fingerprint density at radius 2 is 2.27 bits per heavy atom. The summed E-state index contributed by atoms with van der Waals surface area (Å²) in [7, 11) is -2.97. The first-order valence-electron chi connectivity index (χ1n) is 4.73. The molecule has 2 N–H and O–H groups in total. The Morgan fingerprint density at radius 3 is 2.73 bits per heavy atom. The second-order valence-corrected chi connectivity index (χ2v) is 6.17. The molecular weight excluding hydrogens is 216 g/mol. The van der Waals surface area contributed by atoms with Gasteiger partial charge in [-0.1, -0.05) is 6.92 Å². The summed E-state index contributed by atoms with van der Waals surface area (Å²) in [5, 5.41) is 16.0. The number of hydrogen-bond donors (Lipinski definition) is 2. The van der Waals surface area contributed by atoms with Crippen molar-refractivity contribution in [2.45, 2.75) is 19.4 Å². The number of sulfone groups is 1. The van der Waals surface area contributed by atoms with E-state index in [-0.39, 0.29) is 11.7 Å². The zero-order valence-electron chi connectivity index (χ0n) is 8.84. The summed E-state index contributed by atoms with van der Waals surface area (Å²) < 4.78 is 22.0. The summed E-state index contributed by atoms with van der Waals surface area (Å²) in [6.07, 6.45) is 4.12. The van der Waals surface area contributed by atoms with Crippen molar-refractivity contribution in [3.63, 3.8) is 0 Å². The Hall–Kier alpha value is -0.880. The van der Waals surface area contributed by atoms with Crippen LogP contribution in [0.5, 0.6) is 0 Å². The van der Waals surface area contributed by atoms with Gasteiger partial charge in [-0.2, -0.15) is 5.10 Å². The van der Waals surface area contributed by atoms with Crippen LogP contribution in [0.1, 0.15) is 25.0 Å². The molecule has 2 unspecified atom stereocenters. The fraction of sp³-hybridized carbons (Fsp3) is 0.667. The Kier molecular flexibility index (Phi) is 3.87. The molecule has 0 aliphatic heterocycles. The van der Waals surface area contributed by atoms with Crippen molar-refractivity contribution in [3.05, 3.63) is 18.0 Å². The molecule has 0 aliphatic rings. The number of aromatic nitrogens is 2. The molecule has 0 radical (unpaired) electrons. The Bertz CT molecular complexity index is 385. The van der Waals surface area contributed by atoms with Crippen molar-refractivity contribution >= 4 is 9.84 Å². The number of aliphatic hydroxyl groups is 1. The van der Waals surface area contributed by atoms with Gasteiger partial charge in [0.25, 0.3) is 0 Å². The minimum absolute atomic E-state index is 0.0649. The van der Waals surface area contributed by atoms with Gasteiger partial charge in [0, 0.05) is 18.0 Å². The maximum absolute atomic E-state index is 11.0. The standard InChI is InChI=1S/C9H16N2O3S/c1-7(6-15(2,13)14)3-9(12)8-4-10-11-5-8/h4-5,7,9,12H,3,6H2,1-2H3,(H,10,11). The second-order valence-electron chi connectivity index (χ2n) is 3.98. The predicted molar refractivity (Wildman–Crippen MR) is 57.0 cm³/mol. The molecule has 0 saturated carbocycles. The lowest BCUT2D eigenvalue weighted by Gasteiger charge is -2.14. The number of aromatic amines is 1. The maximum atomic E-state index is 11.0. The first-order chi connectivity index (χ1) is 6.88. The number of aliphatic hydroxyl groups excluding tert-OH is 1. The van der Waals surface area contributed by atoms with E-state index in [2.05, 4.69) is 10.2 Å². The molecule has 6 heteroatoms. The summed E-state index contributed by atoms with van der Waals surface area (Å²) in [5.41, 5.74) is 0.690. The normalized spacial score (nSPS) is 16.2. The lowest BCUT2D eigenvalue weighted by Crippen LogP contribution is -2.14. The fourth-order valence-corrected chi connectivity index (χ4v) is 2.71. The van der Waals surface area contributed by atoms with Gasteiger partial charge in [-0.15, -0.1) is 0 Å². The molecule has 1 aromatic heterocycles. The first-order valence-corrected chi connectivity index (χ1v) is 6.79. The number of rotatable bonds is 5. The SMILES string of the molecule is CC(CC(O)c1cn[nH]c1)CS(C)(=O)=O. The molecule has 86 valence electrons. The lowest BCUT2D eigenvalue weighted by molar-refractivity contribution is 0.151. The highest BCUT2D eigenvalue weighted by Gasteiger charge is 2.16. The minimum atomic E-state index is -2.97. The monoisotopic (exact) mass is 232 g/mol. The van der Waals surface area contributed by atoms with E-state index in [4.69, 9.17) is 0 Å². The highest BCUT2D eigenvalue weighted by Crippen LogP contribution is 2.20. The van der Waals surface area contributed by atoms with Crippen LogP contribution in [0.15, 0.2) is 12.4 Å². The average molecular weight is 232 g/mol. The summed E-state index contributed by atoms with van der Waals surface area (Å²) >= 11 is 0. The van der Waals surface area contributed by atoms with Gasteiger partial charge in [0.1, 0.15) is 9.84 Å². The molecule has 0 aromatic carbocycles. The molecule has 0 saturated heterocycles. The topological polar surface area (TPSA) is 83.1 Å². The molecule has 0 bridgehead atoms. The van der Waals surface area contributed by atoms with Crippen molar-refractivity contribution < 1.29 is 13.5 Å². The van der Waals surface area contributed by atoms with E-state index in [0.717, 1.165) is 0 Å². The predicted octanol–water partition coefficient (Wildman–Crippen LogP) is 0.514. The van der Waals surface area contributed by atoms with Crippen molar-refractivity contribution in [2.75, 3.05) is 12.0 Å². The Morgan fingerprint density at radius 1 is 1.60 bits per heavy atom. The lowest BCUT2D eigenvalue weighted by atomic mass is 10.0. The van der Waals surface area contributed by atoms with E-state index in [9.17, 15) is 13.5 Å². The van der Waals surface area contributed by atoms with Crippen molar-refractivity contribution in [1.82, 2.24) is 10.2 Å². The third-order valence-electron chi connectivity index (χ3n) is 2.12. The molecule has 1 aromatic rings. The van der Waals surface area contributed by atoms with Crippen LogP contribution < -0.4 is 0 Å². The largest absolute Gasteiger partial charge is 0.388 e. The number of hydrogen-bond acceptors (Lipinski definition) is 4. The molecular formula is C9H16N2O3S. The third kappa shape index (κ3) is 4.44. The van der Waals surface area contributed by atoms with Crippen LogP contribution in [0.4, 0.5) is 0 Å². The minimum Gasteiger partial charge on any atom is -0.388 e. The Balaban J connectivity index is 2.49. The van der Waals surface area contributed by atoms with Crippen molar-refractivity contribution in [3.8, 4) is 0 Å². The highest BCUT2D eigenvalue weighted by molar-refractivity contribution is 7.90. The second kappa shape index (κ2) is 4.76. The summed E-state index contributed by atoms with van der Waals surface area (Å²) in [6, 6.07) is 0. The average Bonchev–Trinajstić information content (AvgIpc) is 2.50. The first kappa shape index (κ1) is 12.2. The van der Waals surface area contributed by atoms with Crippen molar-refractivity contribution in [1.29, 1.82) is 0 Å². The maximum Gasteiger partial charge on any atom is 0.147 e. The molecule has 0 fully saturated rings. The fourth-order valence-electron chi connectivity index (χ4n) is 1.55. The van der Waals surface area contributed by atoms with Gasteiger partial charge in [-0.05, 0) is 12.3 Å². The van der Waals surface area contributed by atoms with Crippen molar-refractivity contribution in [2.24, 2.45) is 5.92 Å². The van der Waals surface area contributed by atoms with E-state index in [0.29, 0.717) is 12.0 Å². The smallest absolute Gasteiger partial charge is 0.147 e. The zero-order chi connectivity index (χ0) is 11.5. The third-order valence-corrected chi connectivity index (χ3v) is 3.29. The molecule has 1 heterocycles. The van der Waals surface area contributed by atoms with Crippen LogP contribution in [0.3, 0.4) is 0 Å². The van der Waals surface area contributed by atoms with Crippen LogP contribution in [0.25, 0.3) is 0 Å². The zero-order valence-corrected chi connectivity index (χ0v) is 9.66. The van der Waals surface area contributed by atoms with Crippen LogP contribution in [0, 0.1) is 5.92 Å². The molecule has 0 amide bonds. The van der Waals surface area contributed by atoms with E-state index in [1.165, 1.54) is 12.5 Å². The van der Waals surface area contributed by atoms with Gasteiger partial charge in [0.05, 0.1) is 18.1 Å². The quantitative estimate of drug-likeness (QED) is 0.775. The molecule has 5 nitrogen and oxygen atoms in total. The summed E-state index contributed by atoms with van der Waals surface area (Å²) in [4.78, 5) is 0. The van der Waals surface area contributed by atoms with Gasteiger partial charge in [0.2, 0.25) is 0 Å². The summed E-state index contributed by atoms with van der Waals surface area (Å²) in [5.74, 6) is 0.0342. The van der Waals surface area contributed by atoms with Crippen LogP contribution in [-0.4, -0.2) is 35.7 Å². The van der Waals surface area contributed by atoms with Gasteiger partial charge in [-0.3, -0.25) is 5.10 Å². The molecule has 2 atom stereocenters. The van der Waals surface area contributed by atoms with Gasteiger partial charge in [0.15, 0.2) is 0 Å². The highest BCUT2D eigenvalue weighted by atomic mass is 32.2. The van der Waals surface area contributed by atoms with Crippen LogP contribution in [-0.2, 0) is 9.84 Å². The number of nitrogens with zero attached hydrogens (tertiary/aromatic N) is 1. The van der Waals surface area contributed by atoms with Gasteiger partial charge >= 0.3 is 0 Å². The van der Waals surface area contributed by atoms with E-state index < -0.39 is 15.9 Å². The van der Waals surface area contributed by atoms with E-state index in [1.54, 1.807) is 6.20 Å². The van der Waals surface area contributed by atoms with Gasteiger partial charge in [-0.25, -0.2) is 8.42 Å². The summed E-state index contributed by atoms with van der Waals surface area (Å²) in [6.45, 7) is 1.81. The van der Waals surface area contributed by atoms with Gasteiger partial charge < -0.3 is 5.11 Å². The molecule has 0 spiro atoms. The number of H-pyrrole nitrogens is 1. The van der Waals surface area contributed by atoms with Crippen LogP contribution in [0.2, 0.25) is 0 Å². The Labute approximate surface area is 89.4 Å². The number of nitrogens with one attached hydrogen (secondary N) is 1. The molecule has 0 aliphatic carbocycles. The molecule has 1 rings (SSSR count). The molecule has 15 heavy (non-hydrogen) atoms. The van der Waals surface area contributed by atoms with E-state index >= 15 is 0 Å².